The lowest BCUT2D eigenvalue weighted by molar-refractivity contribution is -0.127. The molecule has 0 spiro atoms. The molecule has 7 N–H and O–H groups in total. The van der Waals surface area contributed by atoms with E-state index in [1.807, 2.05) is 30.3 Å². The van der Waals surface area contributed by atoms with Crippen molar-refractivity contribution >= 4 is 46.6 Å². The molecule has 6 rings (SSSR count). The summed E-state index contributed by atoms with van der Waals surface area (Å²) in [5.74, 6) is -0.406. The molecule has 3 aromatic rings. The molecule has 0 aromatic heterocycles. The molecule has 3 aliphatic rings. The fourth-order valence-electron chi connectivity index (χ4n) is 6.19. The molecule has 2 heterocycles. The highest BCUT2D eigenvalue weighted by Crippen LogP contribution is 2.57. The largest absolute Gasteiger partial charge is 0.457 e. The normalized spacial score (nSPS) is 26.1. The van der Waals surface area contributed by atoms with Crippen molar-refractivity contribution in [3.8, 4) is 11.5 Å². The number of benzene rings is 3. The minimum Gasteiger partial charge on any atom is -0.457 e. The number of Topliss-reactive ketones (excluding diaryl/α,β-unsaturated/α-hetero) is 1. The minimum atomic E-state index is -1.67. The number of ether oxygens (including phenoxy) is 1. The number of para-hydroxylation sites is 1. The van der Waals surface area contributed by atoms with Crippen LogP contribution < -0.4 is 27.3 Å². The Hall–Kier alpha value is -3.83. The van der Waals surface area contributed by atoms with E-state index in [-0.39, 0.29) is 22.9 Å². The first kappa shape index (κ1) is 28.3. The van der Waals surface area contributed by atoms with Gasteiger partial charge < -0.3 is 32.2 Å². The second kappa shape index (κ2) is 10.8. The number of thioether (sulfide) groups is 1. The van der Waals surface area contributed by atoms with Crippen molar-refractivity contribution in [1.29, 1.82) is 0 Å². The summed E-state index contributed by atoms with van der Waals surface area (Å²) in [6.07, 6.45) is 1.88. The van der Waals surface area contributed by atoms with Gasteiger partial charge in [-0.25, -0.2) is 0 Å². The van der Waals surface area contributed by atoms with E-state index in [0.29, 0.717) is 58.3 Å². The second-order valence-electron chi connectivity index (χ2n) is 10.7. The fraction of sp³-hybridized carbons (Fsp3) is 0.258. The number of nitrogens with one attached hydrogen (secondary N) is 1. The number of nitrogens with zero attached hydrogens (tertiary/aromatic N) is 1. The molecule has 42 heavy (non-hydrogen) atoms. The molecule has 9 nitrogen and oxygen atoms in total. The fourth-order valence-corrected chi connectivity index (χ4v) is 7.97. The van der Waals surface area contributed by atoms with E-state index in [2.05, 4.69) is 11.9 Å². The Balaban J connectivity index is 1.33. The van der Waals surface area contributed by atoms with Crippen molar-refractivity contribution in [2.75, 3.05) is 18.8 Å². The van der Waals surface area contributed by atoms with Crippen LogP contribution in [0.4, 0.5) is 5.69 Å². The molecular weight excluding hydrogens is 574 g/mol. The summed E-state index contributed by atoms with van der Waals surface area (Å²) in [4.78, 5) is 42.1. The van der Waals surface area contributed by atoms with Crippen LogP contribution in [-0.2, 0) is 19.9 Å². The number of hydrogen-bond donors (Lipinski definition) is 4. The summed E-state index contributed by atoms with van der Waals surface area (Å²) in [5.41, 5.74) is 20.4. The Bertz CT molecular complexity index is 1620. The third-order valence-corrected chi connectivity index (χ3v) is 10.0. The minimum absolute atomic E-state index is 0.177. The number of nitrogens with two attached hydrogens (primary N) is 3. The lowest BCUT2D eigenvalue weighted by Crippen LogP contribution is -2.60. The number of halogens is 1. The molecule has 1 aliphatic carbocycles. The second-order valence-corrected chi connectivity index (χ2v) is 12.3. The number of rotatable bonds is 6. The molecule has 11 heteroatoms. The van der Waals surface area contributed by atoms with E-state index >= 15 is 0 Å². The van der Waals surface area contributed by atoms with E-state index in [1.165, 1.54) is 17.8 Å². The maximum atomic E-state index is 14.1. The first-order chi connectivity index (χ1) is 20.1. The predicted octanol–water partition coefficient (Wildman–Crippen LogP) is 3.29. The summed E-state index contributed by atoms with van der Waals surface area (Å²) in [7, 11) is 0. The quantitative estimate of drug-likeness (QED) is 0.247. The predicted molar refractivity (Wildman–Crippen MR) is 162 cm³/mol. The van der Waals surface area contributed by atoms with Gasteiger partial charge in [0.25, 0.3) is 0 Å². The lowest BCUT2D eigenvalue weighted by Gasteiger charge is -2.41. The van der Waals surface area contributed by atoms with E-state index in [4.69, 9.17) is 33.5 Å². The number of anilines is 1. The molecule has 0 bridgehead atoms. The highest BCUT2D eigenvalue weighted by Gasteiger charge is 2.57. The van der Waals surface area contributed by atoms with Crippen molar-refractivity contribution < 1.29 is 19.1 Å². The van der Waals surface area contributed by atoms with Gasteiger partial charge in [-0.1, -0.05) is 48.5 Å². The molecular formula is C31H30ClN5O4S. The average Bonchev–Trinajstić information content (AvgIpc) is 3.62. The molecule has 3 aromatic carbocycles. The van der Waals surface area contributed by atoms with Gasteiger partial charge in [-0.3, -0.25) is 14.4 Å². The molecule has 2 aliphatic heterocycles. The van der Waals surface area contributed by atoms with Gasteiger partial charge in [0.1, 0.15) is 17.0 Å². The van der Waals surface area contributed by atoms with Gasteiger partial charge >= 0.3 is 0 Å². The number of hydrogen-bond acceptors (Lipinski definition) is 8. The van der Waals surface area contributed by atoms with E-state index in [9.17, 15) is 14.4 Å². The summed E-state index contributed by atoms with van der Waals surface area (Å²) in [5, 5.41) is 2.60. The number of amides is 2. The Labute approximate surface area is 252 Å². The molecule has 1 fully saturated rings. The van der Waals surface area contributed by atoms with E-state index in [1.54, 1.807) is 35.2 Å². The third kappa shape index (κ3) is 4.55. The Morgan fingerprint density at radius 1 is 1.12 bits per heavy atom. The smallest absolute Gasteiger partial charge is 0.246 e. The van der Waals surface area contributed by atoms with Crippen molar-refractivity contribution in [2.24, 2.45) is 11.5 Å². The van der Waals surface area contributed by atoms with Crippen LogP contribution >= 0.6 is 23.4 Å². The van der Waals surface area contributed by atoms with Crippen LogP contribution in [0.15, 0.2) is 78.2 Å². The SMILES string of the molecule is C=CC(=O)N1CCC(NC(=O)C2Sc3c(N)ccc4c3C2C(N)C(=O)C4(N)c2ccc(Oc3ccccc3)cc2Cl)C1. The molecule has 0 radical (unpaired) electrons. The molecule has 5 atom stereocenters. The molecule has 216 valence electrons. The van der Waals surface area contributed by atoms with Crippen LogP contribution in [0.5, 0.6) is 11.5 Å². The number of carbonyl (C=O) groups excluding carboxylic acids is 3. The van der Waals surface area contributed by atoms with Gasteiger partial charge in [0.15, 0.2) is 5.78 Å². The Morgan fingerprint density at radius 3 is 2.57 bits per heavy atom. The first-order valence-electron chi connectivity index (χ1n) is 13.6. The molecule has 5 unspecified atom stereocenters. The monoisotopic (exact) mass is 603 g/mol. The van der Waals surface area contributed by atoms with Crippen LogP contribution in [0.1, 0.15) is 29.0 Å². The van der Waals surface area contributed by atoms with Crippen LogP contribution in [0.2, 0.25) is 5.02 Å². The van der Waals surface area contributed by atoms with Gasteiger partial charge in [-0.05, 0) is 54.0 Å². The van der Waals surface area contributed by atoms with Crippen molar-refractivity contribution in [3.05, 3.63) is 95.0 Å². The van der Waals surface area contributed by atoms with Crippen LogP contribution in [0, 0.1) is 0 Å². The maximum Gasteiger partial charge on any atom is 0.246 e. The van der Waals surface area contributed by atoms with Gasteiger partial charge in [-0.15, -0.1) is 11.8 Å². The topological polar surface area (TPSA) is 154 Å². The first-order valence-corrected chi connectivity index (χ1v) is 14.8. The van der Waals surface area contributed by atoms with Gasteiger partial charge in [-0.2, -0.15) is 0 Å². The molecule has 1 saturated heterocycles. The zero-order valence-electron chi connectivity index (χ0n) is 22.6. The summed E-state index contributed by atoms with van der Waals surface area (Å²) >= 11 is 8.05. The maximum absolute atomic E-state index is 14.1. The number of likely N-dealkylation sites (tertiary alicyclic amines) is 1. The summed E-state index contributed by atoms with van der Waals surface area (Å²) in [6, 6.07) is 16.4. The summed E-state index contributed by atoms with van der Waals surface area (Å²) < 4.78 is 5.91. The molecule has 2 amide bonds. The number of nitrogen functional groups attached to an aromatic ring is 1. The highest BCUT2D eigenvalue weighted by atomic mass is 35.5. The average molecular weight is 604 g/mol. The van der Waals surface area contributed by atoms with Crippen LogP contribution in [-0.4, -0.2) is 52.9 Å². The summed E-state index contributed by atoms with van der Waals surface area (Å²) in [6.45, 7) is 4.45. The molecule has 0 saturated carbocycles. The van der Waals surface area contributed by atoms with Crippen molar-refractivity contribution in [2.45, 2.75) is 40.1 Å². The van der Waals surface area contributed by atoms with E-state index < -0.39 is 28.5 Å². The van der Waals surface area contributed by atoms with Crippen LogP contribution in [0.25, 0.3) is 0 Å². The zero-order valence-corrected chi connectivity index (χ0v) is 24.2. The van der Waals surface area contributed by atoms with Crippen molar-refractivity contribution in [1.82, 2.24) is 10.2 Å². The standard InChI is InChI=1S/C31H30ClN5O4S/c1-2-23(38)37-13-12-16(15-37)36-30(40)28-25-24-20(10-11-22(33)27(24)42-28)31(35,29(39)26(25)34)19-9-8-18(14-21(19)32)41-17-6-4-3-5-7-17/h2-11,14,16,25-26,28H,1,12-13,15,33-35H2,(H,36,40). The Morgan fingerprint density at radius 2 is 1.86 bits per heavy atom. The van der Waals surface area contributed by atoms with Gasteiger partial charge in [0, 0.05) is 41.2 Å². The zero-order chi connectivity index (χ0) is 29.8. The van der Waals surface area contributed by atoms with Crippen molar-refractivity contribution in [3.63, 3.8) is 0 Å². The van der Waals surface area contributed by atoms with Gasteiger partial charge in [0.05, 0.1) is 16.3 Å². The lowest BCUT2D eigenvalue weighted by atomic mass is 9.65. The van der Waals surface area contributed by atoms with Gasteiger partial charge in [0.2, 0.25) is 11.8 Å². The highest BCUT2D eigenvalue weighted by molar-refractivity contribution is 8.01. The third-order valence-electron chi connectivity index (χ3n) is 8.26. The Kier molecular flexibility index (Phi) is 7.26. The number of carbonyl (C=O) groups is 3. The van der Waals surface area contributed by atoms with Crippen LogP contribution in [0.3, 0.4) is 0 Å². The number of ketones is 1. The van der Waals surface area contributed by atoms with E-state index in [0.717, 1.165) is 0 Å².